The van der Waals surface area contributed by atoms with E-state index >= 15 is 0 Å². The van der Waals surface area contributed by atoms with Gasteiger partial charge in [-0.2, -0.15) is 0 Å². The lowest BCUT2D eigenvalue weighted by atomic mass is 9.94. The predicted octanol–water partition coefficient (Wildman–Crippen LogP) is 2.72. The van der Waals surface area contributed by atoms with Crippen molar-refractivity contribution in [2.75, 3.05) is 13.1 Å². The van der Waals surface area contributed by atoms with Gasteiger partial charge in [0.25, 0.3) is 0 Å². The molecule has 4 unspecified atom stereocenters. The maximum atomic E-state index is 12.7. The van der Waals surface area contributed by atoms with Crippen molar-refractivity contribution >= 4 is 41.5 Å². The largest absolute Gasteiger partial charge is 0.480 e. The third kappa shape index (κ3) is 25.1. The molecule has 57 heavy (non-hydrogen) atoms. The van der Waals surface area contributed by atoms with Gasteiger partial charge >= 0.3 is 17.9 Å². The number of nitrogens with one attached hydrogen (secondary N) is 2. The monoisotopic (exact) mass is 820 g/mol. The minimum atomic E-state index is -3.05. The van der Waals surface area contributed by atoms with Crippen LogP contribution in [0.1, 0.15) is 155 Å². The molecule has 0 saturated heterocycles. The summed E-state index contributed by atoms with van der Waals surface area (Å²) in [4.78, 5) is 85.2. The van der Waals surface area contributed by atoms with Crippen LogP contribution in [0.2, 0.25) is 0 Å². The molecule has 0 aliphatic rings. The van der Waals surface area contributed by atoms with Crippen LogP contribution in [0.4, 0.5) is 0 Å². The molecule has 0 spiro atoms. The number of hydroxylamine groups is 4. The average Bonchev–Trinajstić information content (AvgIpc) is 3.13. The average molecular weight is 821 g/mol. The topological polar surface area (TPSA) is 312 Å². The van der Waals surface area contributed by atoms with Crippen LogP contribution in [0.25, 0.3) is 0 Å². The van der Waals surface area contributed by atoms with Crippen LogP contribution in [-0.4, -0.2) is 136 Å². The van der Waals surface area contributed by atoms with E-state index in [1.54, 1.807) is 0 Å². The van der Waals surface area contributed by atoms with Gasteiger partial charge in [-0.25, -0.2) is 24.5 Å². The molecule has 19 nitrogen and oxygen atoms in total. The Bertz CT molecular complexity index is 1150. The molecule has 4 atom stereocenters. The second-order valence-electron chi connectivity index (χ2n) is 14.8. The highest BCUT2D eigenvalue weighted by Gasteiger charge is 2.42. The highest BCUT2D eigenvalue weighted by Crippen LogP contribution is 2.18. The van der Waals surface area contributed by atoms with Crippen molar-refractivity contribution < 1.29 is 74.6 Å². The van der Waals surface area contributed by atoms with E-state index in [1.165, 1.54) is 0 Å². The zero-order valence-electron chi connectivity index (χ0n) is 33.6. The lowest BCUT2D eigenvalue weighted by molar-refractivity contribution is -0.168. The summed E-state index contributed by atoms with van der Waals surface area (Å²) in [5, 5.41) is 84.7. The van der Waals surface area contributed by atoms with Gasteiger partial charge in [-0.1, -0.05) is 78.1 Å². The van der Waals surface area contributed by atoms with E-state index in [-0.39, 0.29) is 64.5 Å². The number of aliphatic carboxylic acids is 3. The van der Waals surface area contributed by atoms with E-state index in [4.69, 9.17) is 0 Å². The van der Waals surface area contributed by atoms with Gasteiger partial charge in [-0.3, -0.25) is 29.6 Å². The fourth-order valence-corrected chi connectivity index (χ4v) is 6.00. The third-order valence-corrected chi connectivity index (χ3v) is 9.47. The molecule has 0 radical (unpaired) electrons. The molecule has 0 aliphatic heterocycles. The summed E-state index contributed by atoms with van der Waals surface area (Å²) >= 11 is 0. The zero-order valence-corrected chi connectivity index (χ0v) is 33.6. The Hall–Kier alpha value is -3.91. The highest BCUT2D eigenvalue weighted by molar-refractivity contribution is 5.93. The van der Waals surface area contributed by atoms with E-state index < -0.39 is 84.3 Å². The van der Waals surface area contributed by atoms with Crippen LogP contribution >= 0.6 is 0 Å². The summed E-state index contributed by atoms with van der Waals surface area (Å²) < 4.78 is 0. The Labute approximate surface area is 334 Å². The molecule has 0 aromatic rings. The molecule has 0 aromatic heterocycles. The number of carbonyl (C=O) groups excluding carboxylic acids is 4. The molecule has 0 heterocycles. The smallest absolute Gasteiger partial charge is 0.336 e. The van der Waals surface area contributed by atoms with E-state index in [1.807, 2.05) is 0 Å². The van der Waals surface area contributed by atoms with Crippen molar-refractivity contribution in [3.05, 3.63) is 0 Å². The number of aliphatic hydroxyl groups excluding tert-OH is 2. The Kier molecular flexibility index (Phi) is 28.1. The number of aliphatic hydroxyl groups is 3. The van der Waals surface area contributed by atoms with Gasteiger partial charge in [-0.15, -0.1) is 0 Å². The number of carboxylic acids is 3. The Morgan fingerprint density at radius 3 is 1.18 bits per heavy atom. The molecule has 0 aliphatic carbocycles. The first kappa shape index (κ1) is 53.1. The third-order valence-electron chi connectivity index (χ3n) is 9.47. The molecule has 19 heteroatoms. The van der Waals surface area contributed by atoms with Gasteiger partial charge in [0, 0.05) is 13.1 Å². The van der Waals surface area contributed by atoms with Crippen molar-refractivity contribution in [1.82, 2.24) is 20.8 Å². The Balaban J connectivity index is 4.86. The van der Waals surface area contributed by atoms with Crippen molar-refractivity contribution in [2.45, 2.75) is 185 Å². The minimum Gasteiger partial charge on any atom is -0.480 e. The summed E-state index contributed by atoms with van der Waals surface area (Å²) in [5.41, 5.74) is -3.05. The first-order valence-electron chi connectivity index (χ1n) is 20.2. The quantitative estimate of drug-likeness (QED) is 0.0250. The van der Waals surface area contributed by atoms with Gasteiger partial charge in [0.15, 0.2) is 5.60 Å². The molecule has 10 N–H and O–H groups in total. The normalized spacial score (nSPS) is 14.4. The molecule has 0 rings (SSSR count). The second-order valence-corrected chi connectivity index (χ2v) is 14.8. The molecular formula is C38H68N4O15. The molecule has 0 bridgehead atoms. The first-order valence-corrected chi connectivity index (χ1v) is 20.2. The summed E-state index contributed by atoms with van der Waals surface area (Å²) in [5.74, 6) is -8.88. The van der Waals surface area contributed by atoms with E-state index in [2.05, 4.69) is 24.5 Å². The van der Waals surface area contributed by atoms with E-state index in [9.17, 15) is 74.6 Å². The molecular weight excluding hydrogens is 752 g/mol. The van der Waals surface area contributed by atoms with Crippen LogP contribution < -0.4 is 10.6 Å². The molecule has 330 valence electrons. The first-order chi connectivity index (χ1) is 26.9. The molecule has 0 fully saturated rings. The van der Waals surface area contributed by atoms with Gasteiger partial charge in [0.1, 0.15) is 12.1 Å². The zero-order chi connectivity index (χ0) is 43.4. The molecule has 0 saturated carbocycles. The van der Waals surface area contributed by atoms with Crippen LogP contribution in [0.3, 0.4) is 0 Å². The standard InChI is InChI=1S/C38H68N4O15/c1-3-5-7-9-11-17-27(43)23-33(47)41(56)21-15-13-19-29(35(49)50)39-31(45)25-38(55,37(53)54)26-32(46)40-30(36(51)52)20-14-16-22-42(57)34(48)24-28(44)18-12-10-8-6-4-2/h27-30,43-44,55-57H,3-26H2,1-2H3,(H,39,45)(H,40,46)(H,49,50)(H,51,52)(H,53,54). The second kappa shape index (κ2) is 30.2. The molecule has 4 amide bonds. The van der Waals surface area contributed by atoms with Crippen molar-refractivity contribution in [2.24, 2.45) is 0 Å². The summed E-state index contributed by atoms with van der Waals surface area (Å²) in [6.45, 7) is 3.79. The number of hydrogen-bond acceptors (Lipinski definition) is 12. The van der Waals surface area contributed by atoms with E-state index in [0.29, 0.717) is 23.0 Å². The maximum Gasteiger partial charge on any atom is 0.336 e. The number of carbonyl (C=O) groups is 7. The lowest BCUT2D eigenvalue weighted by Crippen LogP contribution is -2.51. The summed E-state index contributed by atoms with van der Waals surface area (Å²) in [7, 11) is 0. The Morgan fingerprint density at radius 1 is 0.526 bits per heavy atom. The van der Waals surface area contributed by atoms with Crippen LogP contribution in [0.15, 0.2) is 0 Å². The fraction of sp³-hybridized carbons (Fsp3) is 0.816. The van der Waals surface area contributed by atoms with Gasteiger partial charge in [0.05, 0.1) is 37.9 Å². The molecule has 0 aromatic carbocycles. The predicted molar refractivity (Wildman–Crippen MR) is 204 cm³/mol. The van der Waals surface area contributed by atoms with Gasteiger partial charge in [-0.05, 0) is 51.4 Å². The number of nitrogens with zero attached hydrogens (tertiary/aromatic N) is 2. The number of hydrogen-bond donors (Lipinski definition) is 10. The van der Waals surface area contributed by atoms with Crippen LogP contribution in [0, 0.1) is 0 Å². The van der Waals surface area contributed by atoms with Crippen molar-refractivity contribution in [3.8, 4) is 0 Å². The van der Waals surface area contributed by atoms with Gasteiger partial charge < -0.3 is 41.3 Å². The van der Waals surface area contributed by atoms with Crippen LogP contribution in [-0.2, 0) is 33.6 Å². The van der Waals surface area contributed by atoms with Crippen molar-refractivity contribution in [3.63, 3.8) is 0 Å². The minimum absolute atomic E-state index is 0.0821. The number of unbranched alkanes of at least 4 members (excludes halogenated alkanes) is 10. The van der Waals surface area contributed by atoms with E-state index in [0.717, 1.165) is 64.2 Å². The highest BCUT2D eigenvalue weighted by atomic mass is 16.5. The van der Waals surface area contributed by atoms with Crippen LogP contribution in [0.5, 0.6) is 0 Å². The SMILES string of the molecule is CCCCCCCC(O)CC(=O)N(O)CCCCC(NC(=O)CC(O)(CC(=O)NC(CCCCN(O)C(=O)CC(O)CCCCCCC)C(=O)O)C(=O)O)C(=O)O. The summed E-state index contributed by atoms with van der Waals surface area (Å²) in [6.07, 6.45) is 5.61. The fourth-order valence-electron chi connectivity index (χ4n) is 6.00. The Morgan fingerprint density at radius 2 is 0.860 bits per heavy atom. The number of rotatable bonds is 35. The summed E-state index contributed by atoms with van der Waals surface area (Å²) in [6, 6.07) is -3.12. The maximum absolute atomic E-state index is 12.7. The lowest BCUT2D eigenvalue weighted by Gasteiger charge is -2.24. The number of amides is 4. The van der Waals surface area contributed by atoms with Crippen molar-refractivity contribution in [1.29, 1.82) is 0 Å². The van der Waals surface area contributed by atoms with Gasteiger partial charge in [0.2, 0.25) is 23.6 Å². The number of carboxylic acid groups (broad SMARTS) is 3.